The maximum absolute atomic E-state index is 12.6. The number of hydrogen-bond donors (Lipinski definition) is 1. The van der Waals surface area contributed by atoms with Crippen LogP contribution in [0.5, 0.6) is 0 Å². The summed E-state index contributed by atoms with van der Waals surface area (Å²) >= 11 is 5.97. The van der Waals surface area contributed by atoms with E-state index >= 15 is 0 Å². The second kappa shape index (κ2) is 6.47. The van der Waals surface area contributed by atoms with Crippen molar-refractivity contribution in [3.63, 3.8) is 0 Å². The minimum Gasteiger partial charge on any atom is -0.451 e. The van der Waals surface area contributed by atoms with Crippen LogP contribution in [0.1, 0.15) is 35.5 Å². The van der Waals surface area contributed by atoms with Gasteiger partial charge in [-0.05, 0) is 48.2 Å². The molecule has 3 nitrogen and oxygen atoms in total. The summed E-state index contributed by atoms with van der Waals surface area (Å²) < 4.78 is 5.63. The molecule has 23 heavy (non-hydrogen) atoms. The van der Waals surface area contributed by atoms with E-state index in [1.165, 1.54) is 0 Å². The fraction of sp³-hybridized carbons (Fsp3) is 0.211. The van der Waals surface area contributed by atoms with Gasteiger partial charge in [0, 0.05) is 16.1 Å². The molecule has 3 aromatic rings. The number of carbonyl (C=O) groups is 1. The van der Waals surface area contributed by atoms with Gasteiger partial charge >= 0.3 is 0 Å². The first-order valence-corrected chi connectivity index (χ1v) is 8.11. The molecular weight excluding hydrogens is 310 g/mol. The van der Waals surface area contributed by atoms with Crippen LogP contribution in [0.4, 0.5) is 5.69 Å². The standard InChI is InChI=1S/C19H18ClNO2/c1-3-12-6-5-7-13(4-2)18(12)21-19(22)17-11-14-10-15(20)8-9-16(14)23-17/h5-11H,3-4H2,1-2H3,(H,21,22). The molecule has 0 unspecified atom stereocenters. The largest absolute Gasteiger partial charge is 0.451 e. The molecule has 0 saturated carbocycles. The quantitative estimate of drug-likeness (QED) is 0.691. The van der Waals surface area contributed by atoms with Gasteiger partial charge in [-0.3, -0.25) is 4.79 Å². The third-order valence-corrected chi connectivity index (χ3v) is 4.17. The van der Waals surface area contributed by atoms with E-state index in [-0.39, 0.29) is 11.7 Å². The van der Waals surface area contributed by atoms with Crippen LogP contribution in [-0.2, 0) is 12.8 Å². The molecule has 0 aliphatic carbocycles. The van der Waals surface area contributed by atoms with Crippen LogP contribution in [0.15, 0.2) is 46.9 Å². The number of anilines is 1. The lowest BCUT2D eigenvalue weighted by molar-refractivity contribution is 0.0998. The van der Waals surface area contributed by atoms with Crippen LogP contribution in [-0.4, -0.2) is 5.91 Å². The van der Waals surface area contributed by atoms with E-state index in [0.29, 0.717) is 10.6 Å². The summed E-state index contributed by atoms with van der Waals surface area (Å²) in [6, 6.07) is 13.1. The highest BCUT2D eigenvalue weighted by molar-refractivity contribution is 6.31. The Morgan fingerprint density at radius 1 is 1.09 bits per heavy atom. The maximum atomic E-state index is 12.6. The van der Waals surface area contributed by atoms with Gasteiger partial charge in [-0.2, -0.15) is 0 Å². The Balaban J connectivity index is 1.94. The van der Waals surface area contributed by atoms with Gasteiger partial charge in [-0.15, -0.1) is 0 Å². The van der Waals surface area contributed by atoms with Crippen molar-refractivity contribution in [2.45, 2.75) is 26.7 Å². The van der Waals surface area contributed by atoms with Gasteiger partial charge in [0.25, 0.3) is 5.91 Å². The first-order valence-electron chi connectivity index (χ1n) is 7.73. The van der Waals surface area contributed by atoms with Crippen LogP contribution in [0.3, 0.4) is 0 Å². The Kier molecular flexibility index (Phi) is 4.39. The van der Waals surface area contributed by atoms with E-state index in [2.05, 4.69) is 19.2 Å². The highest BCUT2D eigenvalue weighted by Gasteiger charge is 2.15. The van der Waals surface area contributed by atoms with Crippen LogP contribution in [0.25, 0.3) is 11.0 Å². The number of rotatable bonds is 4. The van der Waals surface area contributed by atoms with Gasteiger partial charge in [0.05, 0.1) is 0 Å². The zero-order chi connectivity index (χ0) is 16.4. The van der Waals surface area contributed by atoms with Gasteiger partial charge in [-0.25, -0.2) is 0 Å². The lowest BCUT2D eigenvalue weighted by Gasteiger charge is -2.13. The summed E-state index contributed by atoms with van der Waals surface area (Å²) in [5, 5.41) is 4.45. The number of para-hydroxylation sites is 1. The minimum absolute atomic E-state index is 0.243. The van der Waals surface area contributed by atoms with E-state index < -0.39 is 0 Å². The number of fused-ring (bicyclic) bond motifs is 1. The van der Waals surface area contributed by atoms with Crippen LogP contribution < -0.4 is 5.32 Å². The molecule has 118 valence electrons. The third-order valence-electron chi connectivity index (χ3n) is 3.94. The zero-order valence-corrected chi connectivity index (χ0v) is 13.9. The van der Waals surface area contributed by atoms with E-state index in [0.717, 1.165) is 35.0 Å². The van der Waals surface area contributed by atoms with E-state index in [1.54, 1.807) is 24.3 Å². The molecule has 3 rings (SSSR count). The molecule has 0 fully saturated rings. The lowest BCUT2D eigenvalue weighted by atomic mass is 10.0. The molecule has 4 heteroatoms. The van der Waals surface area contributed by atoms with Crippen molar-refractivity contribution in [2.24, 2.45) is 0 Å². The topological polar surface area (TPSA) is 42.2 Å². The molecule has 0 bridgehead atoms. The molecular formula is C19H18ClNO2. The predicted octanol–water partition coefficient (Wildman–Crippen LogP) is 5.46. The van der Waals surface area contributed by atoms with Crippen LogP contribution in [0, 0.1) is 0 Å². The van der Waals surface area contributed by atoms with Crippen molar-refractivity contribution in [2.75, 3.05) is 5.32 Å². The Labute approximate surface area is 140 Å². The Morgan fingerprint density at radius 3 is 2.43 bits per heavy atom. The van der Waals surface area contributed by atoms with Crippen molar-refractivity contribution < 1.29 is 9.21 Å². The van der Waals surface area contributed by atoms with Gasteiger partial charge in [-0.1, -0.05) is 43.6 Å². The molecule has 0 aliphatic heterocycles. The van der Waals surface area contributed by atoms with Crippen LogP contribution >= 0.6 is 11.6 Å². The van der Waals surface area contributed by atoms with Gasteiger partial charge in [0.1, 0.15) is 5.58 Å². The van der Waals surface area contributed by atoms with Gasteiger partial charge in [0.15, 0.2) is 5.76 Å². The molecule has 0 atom stereocenters. The van der Waals surface area contributed by atoms with Crippen molar-refractivity contribution in [3.8, 4) is 0 Å². The van der Waals surface area contributed by atoms with E-state index in [9.17, 15) is 4.79 Å². The smallest absolute Gasteiger partial charge is 0.291 e. The minimum atomic E-state index is -0.243. The Morgan fingerprint density at radius 2 is 1.78 bits per heavy atom. The normalized spacial score (nSPS) is 10.9. The molecule has 0 spiro atoms. The number of furan rings is 1. The highest BCUT2D eigenvalue weighted by atomic mass is 35.5. The molecule has 1 aromatic heterocycles. The number of halogens is 1. The molecule has 1 N–H and O–H groups in total. The van der Waals surface area contributed by atoms with Crippen molar-refractivity contribution >= 4 is 34.2 Å². The summed E-state index contributed by atoms with van der Waals surface area (Å²) in [5.41, 5.74) is 3.79. The number of aryl methyl sites for hydroxylation is 2. The summed E-state index contributed by atoms with van der Waals surface area (Å²) in [6.07, 6.45) is 1.72. The SMILES string of the molecule is CCc1cccc(CC)c1NC(=O)c1cc2cc(Cl)ccc2o1. The fourth-order valence-electron chi connectivity index (χ4n) is 2.70. The number of carbonyl (C=O) groups excluding carboxylic acids is 1. The average Bonchev–Trinajstić information content (AvgIpc) is 2.98. The number of amides is 1. The summed E-state index contributed by atoms with van der Waals surface area (Å²) in [7, 11) is 0. The number of nitrogens with one attached hydrogen (secondary N) is 1. The van der Waals surface area contributed by atoms with E-state index in [4.69, 9.17) is 16.0 Å². The molecule has 1 heterocycles. The van der Waals surface area contributed by atoms with Crippen molar-refractivity contribution in [1.82, 2.24) is 0 Å². The zero-order valence-electron chi connectivity index (χ0n) is 13.2. The van der Waals surface area contributed by atoms with Crippen LogP contribution in [0.2, 0.25) is 5.02 Å². The Bertz CT molecular complexity index is 845. The maximum Gasteiger partial charge on any atom is 0.291 e. The van der Waals surface area contributed by atoms with Gasteiger partial charge < -0.3 is 9.73 Å². The molecule has 0 radical (unpaired) electrons. The highest BCUT2D eigenvalue weighted by Crippen LogP contribution is 2.26. The summed E-state index contributed by atoms with van der Waals surface area (Å²) in [4.78, 5) is 12.6. The van der Waals surface area contributed by atoms with Crippen molar-refractivity contribution in [3.05, 3.63) is 64.4 Å². The fourth-order valence-corrected chi connectivity index (χ4v) is 2.88. The summed E-state index contributed by atoms with van der Waals surface area (Å²) in [5.74, 6) is 0.0446. The first-order chi connectivity index (χ1) is 11.1. The van der Waals surface area contributed by atoms with Gasteiger partial charge in [0.2, 0.25) is 0 Å². The molecule has 1 amide bonds. The molecule has 0 aliphatic rings. The summed E-state index contributed by atoms with van der Waals surface area (Å²) in [6.45, 7) is 4.15. The number of benzene rings is 2. The van der Waals surface area contributed by atoms with E-state index in [1.807, 2.05) is 18.2 Å². The average molecular weight is 328 g/mol. The Hall–Kier alpha value is -2.26. The predicted molar refractivity (Wildman–Crippen MR) is 94.4 cm³/mol. The second-order valence-corrected chi connectivity index (χ2v) is 5.84. The second-order valence-electron chi connectivity index (χ2n) is 5.41. The number of hydrogen-bond acceptors (Lipinski definition) is 2. The first kappa shape index (κ1) is 15.6. The molecule has 0 saturated heterocycles. The molecule has 2 aromatic carbocycles. The monoisotopic (exact) mass is 327 g/mol. The third kappa shape index (κ3) is 3.10. The lowest BCUT2D eigenvalue weighted by Crippen LogP contribution is -2.14. The van der Waals surface area contributed by atoms with Crippen molar-refractivity contribution in [1.29, 1.82) is 0 Å².